The minimum Gasteiger partial charge on any atom is -0.461 e. The first-order valence-corrected chi connectivity index (χ1v) is 11.7. The molecule has 1 aliphatic rings. The Bertz CT molecular complexity index is 1300. The molecule has 7 nitrogen and oxygen atoms in total. The number of nitrogens with zero attached hydrogens (tertiary/aromatic N) is 3. The number of likely N-dealkylation sites (tertiary alicyclic amines) is 1. The number of amides is 1. The molecule has 0 bridgehead atoms. The van der Waals surface area contributed by atoms with Crippen molar-refractivity contribution in [1.29, 1.82) is 0 Å². The van der Waals surface area contributed by atoms with Crippen LogP contribution in [0.5, 0.6) is 0 Å². The van der Waals surface area contributed by atoms with Crippen molar-refractivity contribution in [2.75, 3.05) is 19.7 Å². The van der Waals surface area contributed by atoms with E-state index >= 15 is 0 Å². The van der Waals surface area contributed by atoms with Crippen LogP contribution in [0.1, 0.15) is 46.7 Å². The number of rotatable bonds is 6. The predicted octanol–water partition coefficient (Wildman–Crippen LogP) is 5.09. The highest BCUT2D eigenvalue weighted by Crippen LogP contribution is 2.33. The minimum absolute atomic E-state index is 0.0272. The van der Waals surface area contributed by atoms with Gasteiger partial charge in [0, 0.05) is 36.5 Å². The van der Waals surface area contributed by atoms with Crippen LogP contribution < -0.4 is 0 Å². The van der Waals surface area contributed by atoms with E-state index in [0.717, 1.165) is 11.1 Å². The van der Waals surface area contributed by atoms with Gasteiger partial charge in [-0.05, 0) is 25.8 Å². The van der Waals surface area contributed by atoms with Crippen molar-refractivity contribution in [3.05, 3.63) is 62.9 Å². The summed E-state index contributed by atoms with van der Waals surface area (Å²) in [4.78, 5) is 30.1. The SMILES string of the molecule is CCOC(=O)c1cc(-c2csc(C3CCN(C(=O)C=Cc4c(F)c(F)c(F)c(F)c4F)CC3)n2)on1. The molecule has 0 N–H and O–H groups in total. The molecule has 0 saturated carbocycles. The van der Waals surface area contributed by atoms with Gasteiger partial charge in [0.2, 0.25) is 11.7 Å². The summed E-state index contributed by atoms with van der Waals surface area (Å²) in [6.07, 6.45) is 2.45. The van der Waals surface area contributed by atoms with Gasteiger partial charge in [-0.3, -0.25) is 4.79 Å². The van der Waals surface area contributed by atoms with Crippen molar-refractivity contribution in [2.24, 2.45) is 0 Å². The minimum atomic E-state index is -2.26. The number of piperidine rings is 1. The van der Waals surface area contributed by atoms with E-state index in [4.69, 9.17) is 9.26 Å². The van der Waals surface area contributed by atoms with Crippen LogP contribution in [0.15, 0.2) is 22.0 Å². The smallest absolute Gasteiger partial charge is 0.360 e. The molecule has 0 unspecified atom stereocenters. The number of esters is 1. The Balaban J connectivity index is 1.38. The molecule has 1 amide bonds. The Hall–Kier alpha value is -3.61. The Labute approximate surface area is 205 Å². The molecule has 0 aliphatic carbocycles. The summed E-state index contributed by atoms with van der Waals surface area (Å²) in [5.74, 6) is -11.3. The van der Waals surface area contributed by atoms with Gasteiger partial charge < -0.3 is 14.2 Å². The van der Waals surface area contributed by atoms with Crippen LogP contribution in [0.4, 0.5) is 22.0 Å². The lowest BCUT2D eigenvalue weighted by Crippen LogP contribution is -2.36. The maximum atomic E-state index is 13.8. The fraction of sp³-hybridized carbons (Fsp3) is 0.304. The number of thiazole rings is 1. The third kappa shape index (κ3) is 5.01. The van der Waals surface area contributed by atoms with Crippen molar-refractivity contribution in [2.45, 2.75) is 25.7 Å². The lowest BCUT2D eigenvalue weighted by molar-refractivity contribution is -0.126. The van der Waals surface area contributed by atoms with E-state index in [1.54, 1.807) is 12.3 Å². The summed E-state index contributed by atoms with van der Waals surface area (Å²) in [5.41, 5.74) is -0.641. The third-order valence-electron chi connectivity index (χ3n) is 5.56. The van der Waals surface area contributed by atoms with E-state index < -0.39 is 46.5 Å². The molecular formula is C23H18F5N3O4S. The van der Waals surface area contributed by atoms with Crippen molar-refractivity contribution in [3.63, 3.8) is 0 Å². The number of aromatic nitrogens is 2. The van der Waals surface area contributed by atoms with E-state index in [2.05, 4.69) is 10.1 Å². The second kappa shape index (κ2) is 10.6. The number of ether oxygens (including phenoxy) is 1. The van der Waals surface area contributed by atoms with Crippen LogP contribution in [0, 0.1) is 29.1 Å². The average Bonchev–Trinajstić information content (AvgIpc) is 3.57. The van der Waals surface area contributed by atoms with E-state index in [-0.39, 0.29) is 18.2 Å². The lowest BCUT2D eigenvalue weighted by atomic mass is 9.97. The molecule has 0 spiro atoms. The van der Waals surface area contributed by atoms with Crippen molar-refractivity contribution >= 4 is 29.3 Å². The number of halogens is 5. The van der Waals surface area contributed by atoms with Crippen molar-refractivity contribution < 1.29 is 40.8 Å². The van der Waals surface area contributed by atoms with Gasteiger partial charge in [0.15, 0.2) is 34.7 Å². The Kier molecular flexibility index (Phi) is 7.48. The second-order valence-electron chi connectivity index (χ2n) is 7.78. The molecule has 1 saturated heterocycles. The summed E-state index contributed by atoms with van der Waals surface area (Å²) in [6, 6.07) is 1.44. The molecule has 0 atom stereocenters. The summed E-state index contributed by atoms with van der Waals surface area (Å²) >= 11 is 1.39. The van der Waals surface area contributed by atoms with Gasteiger partial charge in [-0.15, -0.1) is 11.3 Å². The van der Waals surface area contributed by atoms with Gasteiger partial charge in [0.25, 0.3) is 0 Å². The van der Waals surface area contributed by atoms with Crippen LogP contribution >= 0.6 is 11.3 Å². The fourth-order valence-electron chi connectivity index (χ4n) is 3.66. The number of carbonyl (C=O) groups is 2. The Morgan fingerprint density at radius 3 is 2.39 bits per heavy atom. The first-order valence-electron chi connectivity index (χ1n) is 10.8. The van der Waals surface area contributed by atoms with Crippen LogP contribution in [-0.4, -0.2) is 46.6 Å². The summed E-state index contributed by atoms with van der Waals surface area (Å²) in [6.45, 7) is 2.48. The Morgan fingerprint density at radius 2 is 1.75 bits per heavy atom. The van der Waals surface area contributed by atoms with Gasteiger partial charge in [0.05, 0.1) is 17.2 Å². The molecule has 4 rings (SSSR count). The molecule has 36 heavy (non-hydrogen) atoms. The van der Waals surface area contributed by atoms with E-state index in [9.17, 15) is 31.5 Å². The number of hydrogen-bond acceptors (Lipinski definition) is 7. The predicted molar refractivity (Wildman–Crippen MR) is 117 cm³/mol. The van der Waals surface area contributed by atoms with Crippen LogP contribution in [-0.2, 0) is 9.53 Å². The highest BCUT2D eigenvalue weighted by Gasteiger charge is 2.27. The van der Waals surface area contributed by atoms with Crippen LogP contribution in [0.25, 0.3) is 17.5 Å². The summed E-state index contributed by atoms with van der Waals surface area (Å²) < 4.78 is 77.5. The van der Waals surface area contributed by atoms with Crippen LogP contribution in [0.2, 0.25) is 0 Å². The fourth-order valence-corrected chi connectivity index (χ4v) is 4.64. The van der Waals surface area contributed by atoms with Gasteiger partial charge in [-0.2, -0.15) is 0 Å². The quantitative estimate of drug-likeness (QED) is 0.146. The average molecular weight is 527 g/mol. The molecule has 2 aromatic heterocycles. The molecule has 1 fully saturated rings. The lowest BCUT2D eigenvalue weighted by Gasteiger charge is -2.30. The topological polar surface area (TPSA) is 85.5 Å². The second-order valence-corrected chi connectivity index (χ2v) is 8.67. The van der Waals surface area contributed by atoms with Crippen molar-refractivity contribution in [3.8, 4) is 11.5 Å². The summed E-state index contributed by atoms with van der Waals surface area (Å²) in [7, 11) is 0. The molecule has 3 aromatic rings. The molecule has 1 aliphatic heterocycles. The molecule has 3 heterocycles. The first kappa shape index (κ1) is 25.5. The highest BCUT2D eigenvalue weighted by molar-refractivity contribution is 7.10. The molecular weight excluding hydrogens is 509 g/mol. The monoisotopic (exact) mass is 527 g/mol. The number of hydrogen-bond donors (Lipinski definition) is 0. The van der Waals surface area contributed by atoms with E-state index in [0.29, 0.717) is 43.5 Å². The van der Waals surface area contributed by atoms with Crippen molar-refractivity contribution in [1.82, 2.24) is 15.0 Å². The zero-order chi connectivity index (χ0) is 26.0. The highest BCUT2D eigenvalue weighted by atomic mass is 32.1. The largest absolute Gasteiger partial charge is 0.461 e. The maximum absolute atomic E-state index is 13.8. The van der Waals surface area contributed by atoms with Gasteiger partial charge in [-0.1, -0.05) is 5.16 Å². The maximum Gasteiger partial charge on any atom is 0.360 e. The van der Waals surface area contributed by atoms with E-state index in [1.165, 1.54) is 22.3 Å². The summed E-state index contributed by atoms with van der Waals surface area (Å²) in [5, 5.41) is 6.24. The Morgan fingerprint density at radius 1 is 1.11 bits per heavy atom. The molecule has 0 radical (unpaired) electrons. The number of carbonyl (C=O) groups excluding carboxylic acids is 2. The molecule has 190 valence electrons. The van der Waals surface area contributed by atoms with Crippen LogP contribution in [0.3, 0.4) is 0 Å². The first-order chi connectivity index (χ1) is 17.2. The third-order valence-corrected chi connectivity index (χ3v) is 6.57. The van der Waals surface area contributed by atoms with Gasteiger partial charge in [0.1, 0.15) is 5.69 Å². The zero-order valence-corrected chi connectivity index (χ0v) is 19.5. The number of benzene rings is 1. The molecule has 13 heteroatoms. The van der Waals surface area contributed by atoms with Gasteiger partial charge in [-0.25, -0.2) is 31.7 Å². The van der Waals surface area contributed by atoms with E-state index in [1.807, 2.05) is 0 Å². The zero-order valence-electron chi connectivity index (χ0n) is 18.7. The normalized spacial score (nSPS) is 14.6. The standard InChI is InChI=1S/C23H18F5N3O4S/c1-2-34-23(33)13-9-15(35-30-13)14-10-36-22(29-14)11-5-7-31(8-6-11)16(32)4-3-12-17(24)19(26)21(28)20(27)18(12)25/h3-4,9-11H,2,5-8H2,1H3. The molecule has 1 aromatic carbocycles. The van der Waals surface area contributed by atoms with Gasteiger partial charge >= 0.3 is 5.97 Å².